The van der Waals surface area contributed by atoms with E-state index >= 15 is 0 Å². The van der Waals surface area contributed by atoms with Crippen LogP contribution in [0.4, 0.5) is 0 Å². The summed E-state index contributed by atoms with van der Waals surface area (Å²) in [7, 11) is 0. The molecule has 5 heteroatoms. The summed E-state index contributed by atoms with van der Waals surface area (Å²) in [6.45, 7) is 1.79. The predicted molar refractivity (Wildman–Crippen MR) is 84.6 cm³/mol. The number of hydrogen-bond acceptors (Lipinski definition) is 3. The van der Waals surface area contributed by atoms with Gasteiger partial charge in [-0.05, 0) is 48.0 Å². The van der Waals surface area contributed by atoms with Crippen molar-refractivity contribution in [2.45, 2.75) is 12.8 Å². The molecule has 0 fully saturated rings. The lowest BCUT2D eigenvalue weighted by molar-refractivity contribution is 0.811. The second-order valence-corrected chi connectivity index (χ2v) is 6.31. The van der Waals surface area contributed by atoms with Gasteiger partial charge in [0.05, 0.1) is 0 Å². The maximum atomic E-state index is 5.23. The molecular formula is C13H16N2S3. The number of hydrogen-bond donors (Lipinski definition) is 2. The molecule has 0 spiro atoms. The minimum absolute atomic E-state index is 0.753. The fourth-order valence-electron chi connectivity index (χ4n) is 1.57. The highest BCUT2D eigenvalue weighted by Gasteiger charge is 1.98. The van der Waals surface area contributed by atoms with Gasteiger partial charge in [-0.3, -0.25) is 0 Å². The van der Waals surface area contributed by atoms with Crippen LogP contribution in [0.5, 0.6) is 0 Å². The van der Waals surface area contributed by atoms with Crippen molar-refractivity contribution in [1.82, 2.24) is 10.6 Å². The van der Waals surface area contributed by atoms with Gasteiger partial charge in [-0.25, -0.2) is 0 Å². The molecule has 0 atom stereocenters. The Bertz CT molecular complexity index is 406. The average molecular weight is 296 g/mol. The van der Waals surface area contributed by atoms with E-state index in [-0.39, 0.29) is 0 Å². The van der Waals surface area contributed by atoms with Gasteiger partial charge in [-0.15, -0.1) is 22.7 Å². The Kier molecular flexibility index (Phi) is 5.64. The predicted octanol–water partition coefficient (Wildman–Crippen LogP) is 3.06. The van der Waals surface area contributed by atoms with Crippen molar-refractivity contribution in [1.29, 1.82) is 0 Å². The second kappa shape index (κ2) is 7.51. The van der Waals surface area contributed by atoms with Crippen molar-refractivity contribution in [3.8, 4) is 0 Å². The number of nitrogens with one attached hydrogen (secondary N) is 2. The van der Waals surface area contributed by atoms with Crippen molar-refractivity contribution in [2.24, 2.45) is 0 Å². The Hall–Kier alpha value is -0.910. The standard InChI is InChI=1S/C13H16N2S3/c16-13(14-7-5-11-3-1-9-17-11)15-8-6-12-4-2-10-18-12/h1-4,9-10H,5-8H2,(H2,14,15,16). The molecule has 0 aliphatic rings. The van der Waals surface area contributed by atoms with Gasteiger partial charge in [0.1, 0.15) is 0 Å². The molecule has 2 rings (SSSR count). The topological polar surface area (TPSA) is 24.1 Å². The SMILES string of the molecule is S=C(NCCc1cccs1)NCCc1cccs1. The summed E-state index contributed by atoms with van der Waals surface area (Å²) in [6.07, 6.45) is 2.06. The molecule has 0 aliphatic carbocycles. The third-order valence-corrected chi connectivity index (χ3v) is 4.64. The zero-order valence-electron chi connectivity index (χ0n) is 10.0. The van der Waals surface area contributed by atoms with Gasteiger partial charge in [-0.1, -0.05) is 12.1 Å². The maximum Gasteiger partial charge on any atom is 0.166 e. The van der Waals surface area contributed by atoms with Crippen LogP contribution in [0.15, 0.2) is 35.0 Å². The normalized spacial score (nSPS) is 10.2. The number of thiophene rings is 2. The molecule has 2 aromatic rings. The van der Waals surface area contributed by atoms with Crippen LogP contribution in [0.3, 0.4) is 0 Å². The lowest BCUT2D eigenvalue weighted by atomic mass is 10.3. The first kappa shape index (κ1) is 13.5. The van der Waals surface area contributed by atoms with Crippen LogP contribution in [0.1, 0.15) is 9.75 Å². The summed E-state index contributed by atoms with van der Waals surface area (Å²) in [5.74, 6) is 0. The average Bonchev–Trinajstić information content (AvgIpc) is 3.01. The molecule has 0 aromatic carbocycles. The molecule has 2 nitrogen and oxygen atoms in total. The highest BCUT2D eigenvalue weighted by molar-refractivity contribution is 7.80. The monoisotopic (exact) mass is 296 g/mol. The quantitative estimate of drug-likeness (QED) is 0.801. The fourth-order valence-corrected chi connectivity index (χ4v) is 3.19. The van der Waals surface area contributed by atoms with Crippen LogP contribution in [0, 0.1) is 0 Å². The van der Waals surface area contributed by atoms with Crippen LogP contribution in [-0.2, 0) is 12.8 Å². The summed E-state index contributed by atoms with van der Waals surface area (Å²) >= 11 is 8.81. The maximum absolute atomic E-state index is 5.23. The van der Waals surface area contributed by atoms with Crippen molar-refractivity contribution in [2.75, 3.05) is 13.1 Å². The van der Waals surface area contributed by atoms with Crippen LogP contribution >= 0.6 is 34.9 Å². The van der Waals surface area contributed by atoms with E-state index < -0.39 is 0 Å². The number of rotatable bonds is 6. The van der Waals surface area contributed by atoms with Gasteiger partial charge in [0.25, 0.3) is 0 Å². The smallest absolute Gasteiger partial charge is 0.166 e. The number of thiocarbonyl (C=S) groups is 1. The van der Waals surface area contributed by atoms with E-state index in [2.05, 4.69) is 45.7 Å². The first-order valence-corrected chi connectivity index (χ1v) is 8.08. The molecule has 2 N–H and O–H groups in total. The van der Waals surface area contributed by atoms with E-state index in [0.717, 1.165) is 31.0 Å². The molecule has 0 amide bonds. The summed E-state index contributed by atoms with van der Waals surface area (Å²) in [6, 6.07) is 8.47. The van der Waals surface area contributed by atoms with E-state index in [4.69, 9.17) is 12.2 Å². The fraction of sp³-hybridized carbons (Fsp3) is 0.308. The Balaban J connectivity index is 1.55. The van der Waals surface area contributed by atoms with Crippen LogP contribution < -0.4 is 10.6 Å². The van der Waals surface area contributed by atoms with E-state index in [1.807, 2.05) is 0 Å². The van der Waals surface area contributed by atoms with Gasteiger partial charge >= 0.3 is 0 Å². The molecular weight excluding hydrogens is 280 g/mol. The lowest BCUT2D eigenvalue weighted by Crippen LogP contribution is -2.37. The molecule has 0 unspecified atom stereocenters. The molecule has 0 radical (unpaired) electrons. The summed E-state index contributed by atoms with van der Waals surface area (Å²) < 4.78 is 0. The van der Waals surface area contributed by atoms with Crippen LogP contribution in [-0.4, -0.2) is 18.2 Å². The minimum Gasteiger partial charge on any atom is -0.362 e. The molecule has 18 heavy (non-hydrogen) atoms. The van der Waals surface area contributed by atoms with E-state index in [0.29, 0.717) is 0 Å². The second-order valence-electron chi connectivity index (χ2n) is 3.84. The Morgan fingerprint density at radius 3 is 1.83 bits per heavy atom. The van der Waals surface area contributed by atoms with Gasteiger partial charge < -0.3 is 10.6 Å². The molecule has 0 saturated heterocycles. The van der Waals surface area contributed by atoms with Crippen molar-refractivity contribution >= 4 is 40.0 Å². The molecule has 2 heterocycles. The first-order valence-electron chi connectivity index (χ1n) is 5.91. The third-order valence-electron chi connectivity index (χ3n) is 2.47. The van der Waals surface area contributed by atoms with Gasteiger partial charge in [0.15, 0.2) is 5.11 Å². The van der Waals surface area contributed by atoms with Gasteiger partial charge in [0, 0.05) is 22.8 Å². The highest BCUT2D eigenvalue weighted by Crippen LogP contribution is 2.08. The van der Waals surface area contributed by atoms with E-state index in [9.17, 15) is 0 Å². The van der Waals surface area contributed by atoms with Crippen molar-refractivity contribution in [3.63, 3.8) is 0 Å². The third kappa shape index (κ3) is 4.76. The van der Waals surface area contributed by atoms with E-state index in [1.165, 1.54) is 9.75 Å². The van der Waals surface area contributed by atoms with Crippen molar-refractivity contribution in [3.05, 3.63) is 44.8 Å². The lowest BCUT2D eigenvalue weighted by Gasteiger charge is -2.09. The Morgan fingerprint density at radius 2 is 1.44 bits per heavy atom. The van der Waals surface area contributed by atoms with E-state index in [1.54, 1.807) is 22.7 Å². The highest BCUT2D eigenvalue weighted by atomic mass is 32.1. The van der Waals surface area contributed by atoms with Gasteiger partial charge in [0.2, 0.25) is 0 Å². The molecule has 0 aliphatic heterocycles. The largest absolute Gasteiger partial charge is 0.362 e. The van der Waals surface area contributed by atoms with Crippen molar-refractivity contribution < 1.29 is 0 Å². The molecule has 0 bridgehead atoms. The zero-order valence-corrected chi connectivity index (χ0v) is 12.5. The summed E-state index contributed by atoms with van der Waals surface area (Å²) in [4.78, 5) is 2.78. The minimum atomic E-state index is 0.753. The van der Waals surface area contributed by atoms with Crippen LogP contribution in [0.2, 0.25) is 0 Å². The molecule has 0 saturated carbocycles. The van der Waals surface area contributed by atoms with Gasteiger partial charge in [-0.2, -0.15) is 0 Å². The molecule has 2 aromatic heterocycles. The summed E-state index contributed by atoms with van der Waals surface area (Å²) in [5, 5.41) is 11.4. The zero-order chi connectivity index (χ0) is 12.6. The molecule has 96 valence electrons. The Morgan fingerprint density at radius 1 is 0.944 bits per heavy atom. The van der Waals surface area contributed by atoms with Crippen LogP contribution in [0.25, 0.3) is 0 Å². The first-order chi connectivity index (χ1) is 8.84. The Labute approximate surface area is 121 Å². The summed E-state index contributed by atoms with van der Waals surface area (Å²) in [5.41, 5.74) is 0.